The number of likely N-dealkylation sites (tertiary alicyclic amines) is 1. The van der Waals surface area contributed by atoms with E-state index in [4.69, 9.17) is 5.73 Å². The zero-order valence-corrected chi connectivity index (χ0v) is 11.8. The van der Waals surface area contributed by atoms with Crippen LogP contribution in [0, 0.1) is 5.92 Å². The van der Waals surface area contributed by atoms with Crippen molar-refractivity contribution >= 4 is 0 Å². The van der Waals surface area contributed by atoms with Gasteiger partial charge in [-0.05, 0) is 38.2 Å². The predicted octanol–water partition coefficient (Wildman–Crippen LogP) is 3.20. The van der Waals surface area contributed by atoms with E-state index in [0.717, 1.165) is 5.92 Å². The van der Waals surface area contributed by atoms with Crippen LogP contribution in [0.1, 0.15) is 45.2 Å². The van der Waals surface area contributed by atoms with Gasteiger partial charge >= 0.3 is 0 Å². The van der Waals surface area contributed by atoms with Crippen LogP contribution in [0.5, 0.6) is 0 Å². The number of piperidine rings is 1. The van der Waals surface area contributed by atoms with Crippen molar-refractivity contribution in [1.29, 1.82) is 0 Å². The number of nitrogens with two attached hydrogens (primary N) is 1. The van der Waals surface area contributed by atoms with Crippen LogP contribution >= 0.6 is 0 Å². The lowest BCUT2D eigenvalue weighted by atomic mass is 9.89. The zero-order valence-electron chi connectivity index (χ0n) is 11.8. The van der Waals surface area contributed by atoms with E-state index in [2.05, 4.69) is 56.0 Å². The molecule has 0 amide bonds. The van der Waals surface area contributed by atoms with Gasteiger partial charge in [0.1, 0.15) is 0 Å². The minimum atomic E-state index is 0.167. The molecular formula is C16H26N2. The lowest BCUT2D eigenvalue weighted by Crippen LogP contribution is -2.48. The Bertz CT molecular complexity index is 361. The minimum absolute atomic E-state index is 0.167. The van der Waals surface area contributed by atoms with Gasteiger partial charge in [0.15, 0.2) is 0 Å². The van der Waals surface area contributed by atoms with Crippen LogP contribution in [0.3, 0.4) is 0 Å². The Kier molecular flexibility index (Phi) is 4.41. The van der Waals surface area contributed by atoms with Crippen molar-refractivity contribution in [1.82, 2.24) is 4.90 Å². The first-order valence-corrected chi connectivity index (χ1v) is 7.16. The molecule has 2 rings (SSSR count). The normalized spacial score (nSPS) is 28.9. The second-order valence-corrected chi connectivity index (χ2v) is 5.94. The molecule has 0 saturated carbocycles. The first-order chi connectivity index (χ1) is 8.59. The molecule has 4 atom stereocenters. The molecule has 0 radical (unpaired) electrons. The van der Waals surface area contributed by atoms with Gasteiger partial charge in [0.05, 0.1) is 0 Å². The lowest BCUT2D eigenvalue weighted by molar-refractivity contribution is 0.0660. The Morgan fingerprint density at radius 3 is 2.44 bits per heavy atom. The van der Waals surface area contributed by atoms with E-state index in [-0.39, 0.29) is 6.04 Å². The van der Waals surface area contributed by atoms with Crippen LogP contribution in [0.2, 0.25) is 0 Å². The largest absolute Gasteiger partial charge is 0.326 e. The van der Waals surface area contributed by atoms with Gasteiger partial charge in [-0.2, -0.15) is 0 Å². The van der Waals surface area contributed by atoms with Gasteiger partial charge in [0.2, 0.25) is 0 Å². The molecule has 2 nitrogen and oxygen atoms in total. The van der Waals surface area contributed by atoms with Crippen LogP contribution in [0.15, 0.2) is 30.3 Å². The quantitative estimate of drug-likeness (QED) is 0.887. The number of hydrogen-bond donors (Lipinski definition) is 1. The average molecular weight is 246 g/mol. The van der Waals surface area contributed by atoms with E-state index in [0.29, 0.717) is 12.1 Å². The Morgan fingerprint density at radius 2 is 1.83 bits per heavy atom. The molecule has 18 heavy (non-hydrogen) atoms. The van der Waals surface area contributed by atoms with Gasteiger partial charge in [-0.3, -0.25) is 4.90 Å². The van der Waals surface area contributed by atoms with Crippen LogP contribution in [-0.4, -0.2) is 23.5 Å². The maximum atomic E-state index is 6.27. The van der Waals surface area contributed by atoms with E-state index in [1.54, 1.807) is 0 Å². The molecule has 0 aliphatic carbocycles. The Labute approximate surface area is 111 Å². The van der Waals surface area contributed by atoms with Crippen LogP contribution in [0.4, 0.5) is 0 Å². The smallest absolute Gasteiger partial charge is 0.0499 e. The highest BCUT2D eigenvalue weighted by molar-refractivity contribution is 5.21. The molecule has 1 aromatic carbocycles. The molecule has 0 aromatic heterocycles. The fraction of sp³-hybridized carbons (Fsp3) is 0.625. The van der Waals surface area contributed by atoms with Crippen LogP contribution in [-0.2, 0) is 0 Å². The third-order valence-corrected chi connectivity index (χ3v) is 4.16. The summed E-state index contributed by atoms with van der Waals surface area (Å²) in [5, 5.41) is 0. The molecule has 1 heterocycles. The summed E-state index contributed by atoms with van der Waals surface area (Å²) in [5.41, 5.74) is 7.62. The van der Waals surface area contributed by atoms with E-state index >= 15 is 0 Å². The van der Waals surface area contributed by atoms with E-state index in [1.165, 1.54) is 24.9 Å². The summed E-state index contributed by atoms with van der Waals surface area (Å²) in [4.78, 5) is 2.61. The van der Waals surface area contributed by atoms with E-state index in [1.807, 2.05) is 0 Å². The number of rotatable bonds is 3. The zero-order chi connectivity index (χ0) is 13.1. The summed E-state index contributed by atoms with van der Waals surface area (Å²) in [6.45, 7) is 7.98. The van der Waals surface area contributed by atoms with Gasteiger partial charge in [-0.25, -0.2) is 0 Å². The molecule has 2 N–H and O–H groups in total. The van der Waals surface area contributed by atoms with Crippen LogP contribution in [0.25, 0.3) is 0 Å². The number of nitrogens with zero attached hydrogens (tertiary/aromatic N) is 1. The average Bonchev–Trinajstić information content (AvgIpc) is 2.35. The Morgan fingerprint density at radius 1 is 1.17 bits per heavy atom. The van der Waals surface area contributed by atoms with E-state index in [9.17, 15) is 0 Å². The van der Waals surface area contributed by atoms with Crippen molar-refractivity contribution < 1.29 is 0 Å². The predicted molar refractivity (Wildman–Crippen MR) is 77.4 cm³/mol. The molecule has 2 heteroatoms. The van der Waals surface area contributed by atoms with Crippen molar-refractivity contribution in [2.75, 3.05) is 6.54 Å². The summed E-state index contributed by atoms with van der Waals surface area (Å²) < 4.78 is 0. The second-order valence-electron chi connectivity index (χ2n) is 5.94. The fourth-order valence-corrected chi connectivity index (χ4v) is 3.16. The third kappa shape index (κ3) is 2.93. The molecule has 0 bridgehead atoms. The van der Waals surface area contributed by atoms with Crippen molar-refractivity contribution in [3.63, 3.8) is 0 Å². The SMILES string of the molecule is CC1CCC(C)N(C(c2ccccc2)C(C)N)C1. The van der Waals surface area contributed by atoms with Crippen molar-refractivity contribution in [2.24, 2.45) is 11.7 Å². The molecular weight excluding hydrogens is 220 g/mol. The number of hydrogen-bond acceptors (Lipinski definition) is 2. The first-order valence-electron chi connectivity index (χ1n) is 7.16. The molecule has 100 valence electrons. The topological polar surface area (TPSA) is 29.3 Å². The molecule has 4 unspecified atom stereocenters. The summed E-state index contributed by atoms with van der Waals surface area (Å²) in [6, 6.07) is 11.9. The monoisotopic (exact) mass is 246 g/mol. The maximum absolute atomic E-state index is 6.27. The van der Waals surface area contributed by atoms with Gasteiger partial charge in [-0.1, -0.05) is 37.3 Å². The Balaban J connectivity index is 2.24. The highest BCUT2D eigenvalue weighted by Gasteiger charge is 2.31. The third-order valence-electron chi connectivity index (χ3n) is 4.16. The summed E-state index contributed by atoms with van der Waals surface area (Å²) in [6.07, 6.45) is 2.63. The van der Waals surface area contributed by atoms with Crippen LogP contribution < -0.4 is 5.73 Å². The molecule has 1 aliphatic rings. The summed E-state index contributed by atoms with van der Waals surface area (Å²) in [7, 11) is 0. The molecule has 1 aliphatic heterocycles. The van der Waals surface area contributed by atoms with Gasteiger partial charge in [-0.15, -0.1) is 0 Å². The minimum Gasteiger partial charge on any atom is -0.326 e. The highest BCUT2D eigenvalue weighted by Crippen LogP contribution is 2.32. The van der Waals surface area contributed by atoms with Gasteiger partial charge < -0.3 is 5.73 Å². The van der Waals surface area contributed by atoms with Gasteiger partial charge in [0, 0.05) is 24.7 Å². The molecule has 1 saturated heterocycles. The summed E-state index contributed by atoms with van der Waals surface area (Å²) in [5.74, 6) is 0.783. The highest BCUT2D eigenvalue weighted by atomic mass is 15.2. The second kappa shape index (κ2) is 5.85. The standard InChI is InChI=1S/C16H26N2/c1-12-9-10-13(2)18(11-12)16(14(3)17)15-7-5-4-6-8-15/h4-8,12-14,16H,9-11,17H2,1-3H3. The van der Waals surface area contributed by atoms with E-state index < -0.39 is 0 Å². The molecule has 1 fully saturated rings. The van der Waals surface area contributed by atoms with Crippen molar-refractivity contribution in [3.8, 4) is 0 Å². The maximum Gasteiger partial charge on any atom is 0.0499 e. The number of benzene rings is 1. The lowest BCUT2D eigenvalue weighted by Gasteiger charge is -2.43. The molecule has 1 aromatic rings. The summed E-state index contributed by atoms with van der Waals surface area (Å²) >= 11 is 0. The fourth-order valence-electron chi connectivity index (χ4n) is 3.16. The van der Waals surface area contributed by atoms with Crippen molar-refractivity contribution in [3.05, 3.63) is 35.9 Å². The van der Waals surface area contributed by atoms with Gasteiger partial charge in [0.25, 0.3) is 0 Å². The molecule has 0 spiro atoms. The first kappa shape index (κ1) is 13.6. The van der Waals surface area contributed by atoms with Crippen molar-refractivity contribution in [2.45, 2.75) is 51.7 Å². The Hall–Kier alpha value is -0.860.